The van der Waals surface area contributed by atoms with Crippen LogP contribution in [0.5, 0.6) is 0 Å². The number of hydrogen-bond acceptors (Lipinski definition) is 4. The highest BCUT2D eigenvalue weighted by Crippen LogP contribution is 2.30. The van der Waals surface area contributed by atoms with Crippen molar-refractivity contribution in [3.8, 4) is 0 Å². The summed E-state index contributed by atoms with van der Waals surface area (Å²) < 4.78 is 1.87. The summed E-state index contributed by atoms with van der Waals surface area (Å²) in [6, 6.07) is 2.06. The summed E-state index contributed by atoms with van der Waals surface area (Å²) in [5.41, 5.74) is 3.98. The number of fused-ring (bicyclic) bond motifs is 1. The molecule has 0 unspecified atom stereocenters. The number of aromatic nitrogens is 2. The number of carbonyl (C=O) groups excluding carboxylic acids is 1. The van der Waals surface area contributed by atoms with Gasteiger partial charge in [-0.25, -0.2) is 0 Å². The zero-order valence-electron chi connectivity index (χ0n) is 14.6. The van der Waals surface area contributed by atoms with Crippen molar-refractivity contribution < 1.29 is 4.79 Å². The number of amides is 1. The van der Waals surface area contributed by atoms with Crippen molar-refractivity contribution in [1.82, 2.24) is 20.4 Å². The minimum Gasteiger partial charge on any atom is -0.350 e. The van der Waals surface area contributed by atoms with Crippen molar-refractivity contribution in [2.75, 3.05) is 13.1 Å². The third-order valence-corrected chi connectivity index (χ3v) is 6.52. The van der Waals surface area contributed by atoms with Crippen LogP contribution in [0.2, 0.25) is 0 Å². The standard InChI is InChI=1S/C19H26N4OS/c24-19(21-11-15-13-25-18-6-2-1-5-16(15)18)12-23-17(7-9-22-23)14-4-3-8-20-10-14/h7,9,13-14,20H,1-6,8,10-12H2,(H,21,24)/t14-/m0/s1. The van der Waals surface area contributed by atoms with Gasteiger partial charge >= 0.3 is 0 Å². The summed E-state index contributed by atoms with van der Waals surface area (Å²) in [6.07, 6.45) is 9.12. The van der Waals surface area contributed by atoms with E-state index in [4.69, 9.17) is 0 Å². The molecule has 3 heterocycles. The highest BCUT2D eigenvalue weighted by molar-refractivity contribution is 7.10. The molecule has 1 saturated heterocycles. The Morgan fingerprint density at radius 2 is 2.28 bits per heavy atom. The Bertz CT molecular complexity index is 730. The van der Waals surface area contributed by atoms with Crippen LogP contribution in [0.1, 0.15) is 53.3 Å². The molecule has 0 saturated carbocycles. The van der Waals surface area contributed by atoms with Crippen LogP contribution >= 0.6 is 11.3 Å². The van der Waals surface area contributed by atoms with Crippen molar-refractivity contribution in [3.05, 3.63) is 39.3 Å². The lowest BCUT2D eigenvalue weighted by Crippen LogP contribution is -2.32. The fraction of sp³-hybridized carbons (Fsp3) is 0.579. The lowest BCUT2D eigenvalue weighted by molar-refractivity contribution is -0.122. The van der Waals surface area contributed by atoms with Crippen LogP contribution in [-0.2, 0) is 30.7 Å². The molecule has 0 bridgehead atoms. The summed E-state index contributed by atoms with van der Waals surface area (Å²) in [5.74, 6) is 0.512. The first kappa shape index (κ1) is 16.8. The first-order valence-electron chi connectivity index (χ1n) is 9.38. The van der Waals surface area contributed by atoms with E-state index in [1.165, 1.54) is 60.2 Å². The number of piperidine rings is 1. The van der Waals surface area contributed by atoms with Crippen molar-refractivity contribution in [2.45, 2.75) is 57.5 Å². The molecule has 2 aliphatic rings. The van der Waals surface area contributed by atoms with Crippen LogP contribution < -0.4 is 10.6 Å². The summed E-state index contributed by atoms with van der Waals surface area (Å²) >= 11 is 1.85. The molecule has 2 aromatic heterocycles. The fourth-order valence-electron chi connectivity index (χ4n) is 4.02. The maximum atomic E-state index is 12.4. The predicted octanol–water partition coefficient (Wildman–Crippen LogP) is 2.61. The zero-order valence-corrected chi connectivity index (χ0v) is 15.4. The van der Waals surface area contributed by atoms with E-state index in [-0.39, 0.29) is 5.91 Å². The zero-order chi connectivity index (χ0) is 17.1. The molecular weight excluding hydrogens is 332 g/mol. The van der Waals surface area contributed by atoms with Gasteiger partial charge < -0.3 is 10.6 Å². The number of nitrogens with zero attached hydrogens (tertiary/aromatic N) is 2. The number of thiophene rings is 1. The molecule has 6 heteroatoms. The minimum absolute atomic E-state index is 0.0458. The van der Waals surface area contributed by atoms with Gasteiger partial charge in [-0.1, -0.05) is 0 Å². The molecule has 0 spiro atoms. The number of aryl methyl sites for hydroxylation is 1. The van der Waals surface area contributed by atoms with E-state index in [1.807, 2.05) is 22.2 Å². The number of nitrogens with one attached hydrogen (secondary N) is 2. The lowest BCUT2D eigenvalue weighted by atomic mass is 9.96. The van der Waals surface area contributed by atoms with Crippen LogP contribution in [0, 0.1) is 0 Å². The van der Waals surface area contributed by atoms with Crippen LogP contribution in [0.15, 0.2) is 17.6 Å². The Labute approximate surface area is 152 Å². The normalized spacial score (nSPS) is 20.2. The van der Waals surface area contributed by atoms with Gasteiger partial charge in [-0.05, 0) is 67.6 Å². The maximum Gasteiger partial charge on any atom is 0.242 e. The molecule has 25 heavy (non-hydrogen) atoms. The van der Waals surface area contributed by atoms with Gasteiger partial charge in [-0.2, -0.15) is 5.10 Å². The van der Waals surface area contributed by atoms with E-state index in [1.54, 1.807) is 0 Å². The van der Waals surface area contributed by atoms with Gasteiger partial charge in [0.25, 0.3) is 0 Å². The van der Waals surface area contributed by atoms with Crippen LogP contribution in [-0.4, -0.2) is 28.8 Å². The smallest absolute Gasteiger partial charge is 0.242 e. The molecule has 134 valence electrons. The first-order chi connectivity index (χ1) is 12.3. The molecule has 2 aromatic rings. The van der Waals surface area contributed by atoms with Crippen molar-refractivity contribution >= 4 is 17.2 Å². The summed E-state index contributed by atoms with van der Waals surface area (Å²) in [4.78, 5) is 13.9. The topological polar surface area (TPSA) is 59.0 Å². The van der Waals surface area contributed by atoms with Crippen LogP contribution in [0.4, 0.5) is 0 Å². The largest absolute Gasteiger partial charge is 0.350 e. The highest BCUT2D eigenvalue weighted by Gasteiger charge is 2.20. The second-order valence-electron chi connectivity index (χ2n) is 7.10. The Balaban J connectivity index is 1.35. The van der Waals surface area contributed by atoms with E-state index < -0.39 is 0 Å². The SMILES string of the molecule is O=C(Cn1nccc1[C@H]1CCCNC1)NCc1csc2c1CCCC2. The Morgan fingerprint density at radius 3 is 3.16 bits per heavy atom. The van der Waals surface area contributed by atoms with E-state index in [0.717, 1.165) is 13.1 Å². The second kappa shape index (κ2) is 7.70. The van der Waals surface area contributed by atoms with E-state index in [2.05, 4.69) is 27.2 Å². The van der Waals surface area contributed by atoms with Gasteiger partial charge in [0.1, 0.15) is 6.54 Å². The molecule has 0 aromatic carbocycles. The van der Waals surface area contributed by atoms with Crippen LogP contribution in [0.25, 0.3) is 0 Å². The van der Waals surface area contributed by atoms with Gasteiger partial charge in [0.2, 0.25) is 5.91 Å². The Hall–Kier alpha value is -1.66. The van der Waals surface area contributed by atoms with Gasteiger partial charge in [0.05, 0.1) is 0 Å². The van der Waals surface area contributed by atoms with E-state index in [9.17, 15) is 4.79 Å². The van der Waals surface area contributed by atoms with Gasteiger partial charge in [-0.15, -0.1) is 11.3 Å². The second-order valence-corrected chi connectivity index (χ2v) is 8.07. The average molecular weight is 359 g/mol. The highest BCUT2D eigenvalue weighted by atomic mass is 32.1. The average Bonchev–Trinajstić information content (AvgIpc) is 3.27. The quantitative estimate of drug-likeness (QED) is 0.864. The first-order valence-corrected chi connectivity index (χ1v) is 10.3. The molecule has 1 aliphatic heterocycles. The number of hydrogen-bond donors (Lipinski definition) is 2. The molecule has 1 amide bonds. The summed E-state index contributed by atoms with van der Waals surface area (Å²) in [5, 5.41) is 13.1. The molecule has 1 aliphatic carbocycles. The minimum atomic E-state index is 0.0458. The molecule has 0 radical (unpaired) electrons. The van der Waals surface area contributed by atoms with Crippen molar-refractivity contribution in [2.24, 2.45) is 0 Å². The molecular formula is C19H26N4OS. The summed E-state index contributed by atoms with van der Waals surface area (Å²) in [7, 11) is 0. The number of rotatable bonds is 5. The third-order valence-electron chi connectivity index (χ3n) is 5.38. The summed E-state index contributed by atoms with van der Waals surface area (Å²) in [6.45, 7) is 3.03. The van der Waals surface area contributed by atoms with Gasteiger partial charge in [0, 0.05) is 35.8 Å². The molecule has 4 rings (SSSR count). The molecule has 2 N–H and O–H groups in total. The van der Waals surface area contributed by atoms with E-state index in [0.29, 0.717) is 19.0 Å². The van der Waals surface area contributed by atoms with Gasteiger partial charge in [0.15, 0.2) is 0 Å². The fourth-order valence-corrected chi connectivity index (χ4v) is 5.17. The van der Waals surface area contributed by atoms with Crippen LogP contribution in [0.3, 0.4) is 0 Å². The predicted molar refractivity (Wildman–Crippen MR) is 99.9 cm³/mol. The third kappa shape index (κ3) is 3.80. The Kier molecular flexibility index (Phi) is 5.17. The molecule has 5 nitrogen and oxygen atoms in total. The lowest BCUT2D eigenvalue weighted by Gasteiger charge is -2.23. The maximum absolute atomic E-state index is 12.4. The van der Waals surface area contributed by atoms with Crippen molar-refractivity contribution in [3.63, 3.8) is 0 Å². The number of carbonyl (C=O) groups is 1. The van der Waals surface area contributed by atoms with Crippen molar-refractivity contribution in [1.29, 1.82) is 0 Å². The molecule has 1 atom stereocenters. The molecule has 1 fully saturated rings. The Morgan fingerprint density at radius 1 is 1.36 bits per heavy atom. The van der Waals surface area contributed by atoms with Gasteiger partial charge in [-0.3, -0.25) is 9.48 Å². The monoisotopic (exact) mass is 358 g/mol. The van der Waals surface area contributed by atoms with E-state index >= 15 is 0 Å².